The highest BCUT2D eigenvalue weighted by Gasteiger charge is 2.19. The number of fused-ring (bicyclic) bond motifs is 1. The minimum absolute atomic E-state index is 0.00371. The average molecular weight is 343 g/mol. The van der Waals surface area contributed by atoms with Gasteiger partial charge in [-0.2, -0.15) is 5.10 Å². The third-order valence-electron chi connectivity index (χ3n) is 4.02. The lowest BCUT2D eigenvalue weighted by Gasteiger charge is -2.15. The van der Waals surface area contributed by atoms with Crippen molar-refractivity contribution in [2.75, 3.05) is 24.4 Å². The van der Waals surface area contributed by atoms with Crippen LogP contribution in [0.2, 0.25) is 0 Å². The van der Waals surface area contributed by atoms with E-state index in [0.29, 0.717) is 25.3 Å². The first kappa shape index (κ1) is 17.0. The molecular weight excluding hydrogens is 322 g/mol. The molecule has 0 saturated heterocycles. The number of hydrogen-bond donors (Lipinski definition) is 3. The third kappa shape index (κ3) is 4.16. The van der Waals surface area contributed by atoms with Crippen LogP contribution in [0.1, 0.15) is 24.1 Å². The van der Waals surface area contributed by atoms with Gasteiger partial charge < -0.3 is 20.7 Å². The van der Waals surface area contributed by atoms with E-state index >= 15 is 0 Å². The smallest absolute Gasteiger partial charge is 0.319 e. The number of carbonyl (C=O) groups excluding carboxylic acids is 2. The highest BCUT2D eigenvalue weighted by Crippen LogP contribution is 2.26. The topological polar surface area (TPSA) is 97.3 Å². The van der Waals surface area contributed by atoms with Gasteiger partial charge in [0, 0.05) is 19.0 Å². The van der Waals surface area contributed by atoms with E-state index in [9.17, 15) is 9.59 Å². The lowest BCUT2D eigenvalue weighted by atomic mass is 10.0. The second-order valence-corrected chi connectivity index (χ2v) is 5.95. The maximum atomic E-state index is 12.2. The Labute approximate surface area is 145 Å². The van der Waals surface area contributed by atoms with Gasteiger partial charge in [-0.15, -0.1) is 0 Å². The summed E-state index contributed by atoms with van der Waals surface area (Å²) in [6.45, 7) is 3.08. The Hall–Kier alpha value is -2.87. The summed E-state index contributed by atoms with van der Waals surface area (Å²) in [6, 6.07) is 5.21. The molecule has 3 N–H and O–H groups in total. The number of ether oxygens (including phenoxy) is 1. The fraction of sp³-hybridized carbons (Fsp3) is 0.353. The van der Waals surface area contributed by atoms with Crippen molar-refractivity contribution in [3.8, 4) is 0 Å². The molecule has 0 bridgehead atoms. The Kier molecular flexibility index (Phi) is 4.99. The first-order valence-corrected chi connectivity index (χ1v) is 8.06. The minimum Gasteiger partial charge on any atom is -0.383 e. The average Bonchev–Trinajstić information content (AvgIpc) is 3.16. The zero-order valence-electron chi connectivity index (χ0n) is 14.2. The van der Waals surface area contributed by atoms with Gasteiger partial charge in [-0.25, -0.2) is 4.79 Å². The number of carbonyl (C=O) groups is 2. The molecule has 2 heterocycles. The van der Waals surface area contributed by atoms with E-state index in [1.54, 1.807) is 24.2 Å². The van der Waals surface area contributed by atoms with Crippen molar-refractivity contribution in [2.45, 2.75) is 25.9 Å². The molecule has 1 atom stereocenters. The number of amides is 3. The van der Waals surface area contributed by atoms with Crippen LogP contribution in [0.3, 0.4) is 0 Å². The molecule has 0 fully saturated rings. The summed E-state index contributed by atoms with van der Waals surface area (Å²) in [6.07, 6.45) is 3.71. The summed E-state index contributed by atoms with van der Waals surface area (Å²) in [5.74, 6) is -0.00371. The van der Waals surface area contributed by atoms with Crippen LogP contribution in [0.4, 0.5) is 16.2 Å². The number of hydrogen-bond acceptors (Lipinski definition) is 4. The molecule has 3 rings (SSSR count). The standard InChI is InChI=1S/C17H21N5O3/c1-11(12-3-4-15-13(7-12)8-16(23)21-15)19-17(24)20-14-9-18-22(10-14)5-6-25-2/h3-4,7,9-11H,5-6,8H2,1-2H3,(H,21,23)(H2,19,20,24)/t11-/m0/s1. The Bertz CT molecular complexity index is 786. The van der Waals surface area contributed by atoms with E-state index in [-0.39, 0.29) is 18.0 Å². The molecule has 0 radical (unpaired) electrons. The first-order chi connectivity index (χ1) is 12.0. The molecule has 8 heteroatoms. The summed E-state index contributed by atoms with van der Waals surface area (Å²) >= 11 is 0. The quantitative estimate of drug-likeness (QED) is 0.746. The van der Waals surface area contributed by atoms with Crippen LogP contribution in [0.25, 0.3) is 0 Å². The monoisotopic (exact) mass is 343 g/mol. The molecule has 25 heavy (non-hydrogen) atoms. The number of nitrogens with one attached hydrogen (secondary N) is 3. The number of rotatable bonds is 6. The highest BCUT2D eigenvalue weighted by atomic mass is 16.5. The molecule has 0 saturated carbocycles. The van der Waals surface area contributed by atoms with Gasteiger partial charge in [-0.1, -0.05) is 12.1 Å². The van der Waals surface area contributed by atoms with Gasteiger partial charge in [0.2, 0.25) is 5.91 Å². The molecule has 0 unspecified atom stereocenters. The number of nitrogens with zero attached hydrogens (tertiary/aromatic N) is 2. The van der Waals surface area contributed by atoms with Gasteiger partial charge in [-0.3, -0.25) is 9.48 Å². The van der Waals surface area contributed by atoms with Crippen molar-refractivity contribution in [3.05, 3.63) is 41.7 Å². The van der Waals surface area contributed by atoms with Crippen molar-refractivity contribution in [2.24, 2.45) is 0 Å². The van der Waals surface area contributed by atoms with Gasteiger partial charge >= 0.3 is 6.03 Å². The normalized spacial score (nSPS) is 13.9. The van der Waals surface area contributed by atoms with Gasteiger partial charge in [0.1, 0.15) is 0 Å². The second-order valence-electron chi connectivity index (χ2n) is 5.95. The Balaban J connectivity index is 1.56. The Morgan fingerprint density at radius 1 is 1.48 bits per heavy atom. The zero-order valence-corrected chi connectivity index (χ0v) is 14.2. The summed E-state index contributed by atoms with van der Waals surface area (Å²) in [5, 5.41) is 12.6. The van der Waals surface area contributed by atoms with E-state index in [4.69, 9.17) is 4.74 Å². The van der Waals surface area contributed by atoms with E-state index < -0.39 is 0 Å². The molecule has 1 aliphatic rings. The number of methoxy groups -OCH3 is 1. The lowest BCUT2D eigenvalue weighted by molar-refractivity contribution is -0.115. The summed E-state index contributed by atoms with van der Waals surface area (Å²) in [5.41, 5.74) is 3.36. The summed E-state index contributed by atoms with van der Waals surface area (Å²) in [4.78, 5) is 23.6. The molecule has 0 spiro atoms. The molecule has 1 aromatic carbocycles. The van der Waals surface area contributed by atoms with E-state index in [1.165, 1.54) is 0 Å². The van der Waals surface area contributed by atoms with Crippen molar-refractivity contribution < 1.29 is 14.3 Å². The second kappa shape index (κ2) is 7.35. The molecule has 3 amide bonds. The fourth-order valence-corrected chi connectivity index (χ4v) is 2.70. The maximum absolute atomic E-state index is 12.2. The molecule has 0 aliphatic carbocycles. The molecule has 1 aromatic heterocycles. The van der Waals surface area contributed by atoms with Crippen molar-refractivity contribution >= 4 is 23.3 Å². The van der Waals surface area contributed by atoms with Crippen LogP contribution < -0.4 is 16.0 Å². The summed E-state index contributed by atoms with van der Waals surface area (Å²) < 4.78 is 6.69. The van der Waals surface area contributed by atoms with Crippen LogP contribution in [0.5, 0.6) is 0 Å². The predicted octanol–water partition coefficient (Wildman–Crippen LogP) is 1.91. The number of benzene rings is 1. The third-order valence-corrected chi connectivity index (χ3v) is 4.02. The first-order valence-electron chi connectivity index (χ1n) is 8.06. The van der Waals surface area contributed by atoms with E-state index in [1.807, 2.05) is 25.1 Å². The number of anilines is 2. The van der Waals surface area contributed by atoms with Crippen LogP contribution in [-0.2, 0) is 22.5 Å². The largest absolute Gasteiger partial charge is 0.383 e. The van der Waals surface area contributed by atoms with Crippen LogP contribution in [0.15, 0.2) is 30.6 Å². The molecular formula is C17H21N5O3. The van der Waals surface area contributed by atoms with Gasteiger partial charge in [0.25, 0.3) is 0 Å². The van der Waals surface area contributed by atoms with Crippen molar-refractivity contribution in [3.63, 3.8) is 0 Å². The zero-order chi connectivity index (χ0) is 17.8. The Morgan fingerprint density at radius 2 is 2.32 bits per heavy atom. The summed E-state index contributed by atoms with van der Waals surface area (Å²) in [7, 11) is 1.63. The van der Waals surface area contributed by atoms with Gasteiger partial charge in [0.15, 0.2) is 0 Å². The van der Waals surface area contributed by atoms with Gasteiger partial charge in [-0.05, 0) is 24.1 Å². The molecule has 1 aliphatic heterocycles. The lowest BCUT2D eigenvalue weighted by Crippen LogP contribution is -2.31. The Morgan fingerprint density at radius 3 is 3.12 bits per heavy atom. The number of urea groups is 1. The fourth-order valence-electron chi connectivity index (χ4n) is 2.70. The van der Waals surface area contributed by atoms with Crippen molar-refractivity contribution in [1.29, 1.82) is 0 Å². The number of aromatic nitrogens is 2. The molecule has 8 nitrogen and oxygen atoms in total. The van der Waals surface area contributed by atoms with Crippen LogP contribution in [0, 0.1) is 0 Å². The highest BCUT2D eigenvalue weighted by molar-refractivity contribution is 5.99. The van der Waals surface area contributed by atoms with Crippen LogP contribution in [-0.4, -0.2) is 35.4 Å². The predicted molar refractivity (Wildman–Crippen MR) is 93.4 cm³/mol. The minimum atomic E-state index is -0.312. The van der Waals surface area contributed by atoms with E-state index in [2.05, 4.69) is 21.0 Å². The SMILES string of the molecule is COCCn1cc(NC(=O)N[C@@H](C)c2ccc3c(c2)CC(=O)N3)cn1. The van der Waals surface area contributed by atoms with Crippen molar-refractivity contribution in [1.82, 2.24) is 15.1 Å². The molecule has 2 aromatic rings. The van der Waals surface area contributed by atoms with E-state index in [0.717, 1.165) is 16.8 Å². The van der Waals surface area contributed by atoms with Crippen LogP contribution >= 0.6 is 0 Å². The van der Waals surface area contributed by atoms with Gasteiger partial charge in [0.05, 0.1) is 37.5 Å². The maximum Gasteiger partial charge on any atom is 0.319 e. The molecule has 132 valence electrons.